The molecule has 1 aliphatic rings. The van der Waals surface area contributed by atoms with E-state index in [1.54, 1.807) is 18.3 Å². The standard InChI is InChI=1S/C14H9NO3S2/c1-4-7-8-10(16)9-12(18-6(3)15-9)11(17)14(8)20-13(7)5(2)19-4/h1-3H3. The molecule has 100 valence electrons. The van der Waals surface area contributed by atoms with Gasteiger partial charge in [-0.1, -0.05) is 0 Å². The fourth-order valence-corrected chi connectivity index (χ4v) is 5.14. The number of nitrogens with zero attached hydrogens (tertiary/aromatic N) is 1. The summed E-state index contributed by atoms with van der Waals surface area (Å²) in [5, 5.41) is 0.914. The van der Waals surface area contributed by atoms with Crippen molar-refractivity contribution >= 4 is 44.3 Å². The second kappa shape index (κ2) is 3.65. The number of thiophene rings is 2. The number of rotatable bonds is 0. The van der Waals surface area contributed by atoms with Crippen LogP contribution < -0.4 is 0 Å². The van der Waals surface area contributed by atoms with E-state index in [2.05, 4.69) is 4.98 Å². The highest BCUT2D eigenvalue weighted by Gasteiger charge is 2.38. The maximum atomic E-state index is 12.6. The van der Waals surface area contributed by atoms with Gasteiger partial charge in [0.15, 0.2) is 11.6 Å². The van der Waals surface area contributed by atoms with E-state index in [-0.39, 0.29) is 23.0 Å². The Hall–Kier alpha value is -1.79. The maximum Gasteiger partial charge on any atom is 0.241 e. The van der Waals surface area contributed by atoms with Gasteiger partial charge in [-0.2, -0.15) is 0 Å². The lowest BCUT2D eigenvalue weighted by Crippen LogP contribution is -2.18. The predicted octanol–water partition coefficient (Wildman–Crippen LogP) is 3.65. The number of aryl methyl sites for hydroxylation is 3. The van der Waals surface area contributed by atoms with E-state index < -0.39 is 0 Å². The zero-order valence-electron chi connectivity index (χ0n) is 11.0. The van der Waals surface area contributed by atoms with E-state index in [4.69, 9.17) is 4.42 Å². The average molecular weight is 303 g/mol. The largest absolute Gasteiger partial charge is 0.437 e. The van der Waals surface area contributed by atoms with E-state index in [1.807, 2.05) is 13.8 Å². The number of aromatic nitrogens is 1. The molecule has 0 unspecified atom stereocenters. The highest BCUT2D eigenvalue weighted by molar-refractivity contribution is 7.26. The van der Waals surface area contributed by atoms with Gasteiger partial charge >= 0.3 is 0 Å². The smallest absolute Gasteiger partial charge is 0.241 e. The number of ketones is 2. The Morgan fingerprint density at radius 1 is 1.00 bits per heavy atom. The van der Waals surface area contributed by atoms with Crippen LogP contribution >= 0.6 is 22.7 Å². The lowest BCUT2D eigenvalue weighted by atomic mass is 9.95. The Bertz CT molecular complexity index is 926. The van der Waals surface area contributed by atoms with Crippen LogP contribution in [0.25, 0.3) is 10.1 Å². The van der Waals surface area contributed by atoms with Crippen LogP contribution in [0.1, 0.15) is 47.1 Å². The molecule has 0 spiro atoms. The molecule has 0 aromatic carbocycles. The molecule has 20 heavy (non-hydrogen) atoms. The molecule has 0 aliphatic heterocycles. The van der Waals surface area contributed by atoms with Gasteiger partial charge < -0.3 is 4.42 Å². The fourth-order valence-electron chi connectivity index (χ4n) is 2.67. The lowest BCUT2D eigenvalue weighted by molar-refractivity contribution is 0.0963. The minimum absolute atomic E-state index is 0.0860. The first-order valence-corrected chi connectivity index (χ1v) is 7.71. The molecule has 4 nitrogen and oxygen atoms in total. The van der Waals surface area contributed by atoms with Crippen LogP contribution in [-0.2, 0) is 0 Å². The third-order valence-corrected chi connectivity index (χ3v) is 5.93. The molecule has 0 radical (unpaired) electrons. The van der Waals surface area contributed by atoms with Gasteiger partial charge in [-0.15, -0.1) is 22.7 Å². The normalized spacial score (nSPS) is 13.9. The van der Waals surface area contributed by atoms with Gasteiger partial charge in [-0.05, 0) is 13.8 Å². The second-order valence-corrected chi connectivity index (χ2v) is 7.24. The van der Waals surface area contributed by atoms with Gasteiger partial charge in [-0.3, -0.25) is 9.59 Å². The molecule has 0 bridgehead atoms. The summed E-state index contributed by atoms with van der Waals surface area (Å²) < 4.78 is 6.34. The van der Waals surface area contributed by atoms with E-state index >= 15 is 0 Å². The Labute approximate surface area is 122 Å². The van der Waals surface area contributed by atoms with Crippen LogP contribution in [-0.4, -0.2) is 16.6 Å². The van der Waals surface area contributed by atoms with Crippen LogP contribution in [0.4, 0.5) is 0 Å². The highest BCUT2D eigenvalue weighted by Crippen LogP contribution is 2.44. The molecule has 0 fully saturated rings. The average Bonchev–Trinajstić information content (AvgIpc) is 3.02. The summed E-state index contributed by atoms with van der Waals surface area (Å²) in [7, 11) is 0. The third kappa shape index (κ3) is 1.28. The Morgan fingerprint density at radius 2 is 1.75 bits per heavy atom. The number of hydrogen-bond acceptors (Lipinski definition) is 6. The molecule has 0 atom stereocenters. The molecule has 0 amide bonds. The molecular weight excluding hydrogens is 294 g/mol. The molecule has 3 aromatic rings. The molecule has 4 rings (SSSR count). The highest BCUT2D eigenvalue weighted by atomic mass is 32.1. The van der Waals surface area contributed by atoms with Crippen molar-refractivity contribution in [2.75, 3.05) is 0 Å². The number of oxazole rings is 1. The number of carbonyl (C=O) groups excluding carboxylic acids is 2. The summed E-state index contributed by atoms with van der Waals surface area (Å²) in [4.78, 5) is 31.9. The van der Waals surface area contributed by atoms with Crippen molar-refractivity contribution in [3.63, 3.8) is 0 Å². The quantitative estimate of drug-likeness (QED) is 0.497. The first kappa shape index (κ1) is 12.0. The topological polar surface area (TPSA) is 60.2 Å². The molecule has 3 aromatic heterocycles. The van der Waals surface area contributed by atoms with E-state index in [9.17, 15) is 9.59 Å². The van der Waals surface area contributed by atoms with Crippen molar-refractivity contribution in [1.29, 1.82) is 0 Å². The van der Waals surface area contributed by atoms with Crippen molar-refractivity contribution in [2.24, 2.45) is 0 Å². The van der Waals surface area contributed by atoms with E-state index in [0.717, 1.165) is 19.8 Å². The molecule has 6 heteroatoms. The monoisotopic (exact) mass is 303 g/mol. The first-order chi connectivity index (χ1) is 9.49. The maximum absolute atomic E-state index is 12.6. The number of fused-ring (bicyclic) bond motifs is 4. The van der Waals surface area contributed by atoms with Crippen LogP contribution in [0, 0.1) is 20.8 Å². The Balaban J connectivity index is 2.14. The summed E-state index contributed by atoms with van der Waals surface area (Å²) in [5.41, 5.74) is 0.667. The van der Waals surface area contributed by atoms with Crippen LogP contribution in [0.3, 0.4) is 0 Å². The fraction of sp³-hybridized carbons (Fsp3) is 0.214. The van der Waals surface area contributed by atoms with Gasteiger partial charge in [-0.25, -0.2) is 4.98 Å². The Morgan fingerprint density at radius 3 is 2.50 bits per heavy atom. The molecule has 0 N–H and O–H groups in total. The first-order valence-electron chi connectivity index (χ1n) is 6.08. The minimum atomic E-state index is -0.222. The minimum Gasteiger partial charge on any atom is -0.437 e. The summed E-state index contributed by atoms with van der Waals surface area (Å²) in [6.45, 7) is 5.63. The van der Waals surface area contributed by atoms with Gasteiger partial charge in [0.25, 0.3) is 0 Å². The van der Waals surface area contributed by atoms with E-state index in [1.165, 1.54) is 11.3 Å². The molecule has 3 heterocycles. The summed E-state index contributed by atoms with van der Waals surface area (Å²) in [6, 6.07) is 0. The van der Waals surface area contributed by atoms with Gasteiger partial charge in [0.1, 0.15) is 0 Å². The Kier molecular flexibility index (Phi) is 2.19. The SMILES string of the molecule is Cc1nc2c(o1)C(=O)c1sc3c(C)sc(C)c3c1C2=O. The van der Waals surface area contributed by atoms with Crippen LogP contribution in [0.2, 0.25) is 0 Å². The van der Waals surface area contributed by atoms with Gasteiger partial charge in [0.05, 0.1) is 10.4 Å². The summed E-state index contributed by atoms with van der Waals surface area (Å²) in [6.07, 6.45) is 0. The zero-order valence-corrected chi connectivity index (χ0v) is 12.6. The third-order valence-electron chi connectivity index (χ3n) is 3.47. The number of carbonyl (C=O) groups is 2. The number of hydrogen-bond donors (Lipinski definition) is 0. The summed E-state index contributed by atoms with van der Waals surface area (Å²) >= 11 is 3.04. The van der Waals surface area contributed by atoms with E-state index in [0.29, 0.717) is 16.3 Å². The zero-order chi connectivity index (χ0) is 14.2. The van der Waals surface area contributed by atoms with Crippen molar-refractivity contribution < 1.29 is 14.0 Å². The van der Waals surface area contributed by atoms with Gasteiger partial charge in [0.2, 0.25) is 17.3 Å². The van der Waals surface area contributed by atoms with Crippen molar-refractivity contribution in [3.05, 3.63) is 37.5 Å². The van der Waals surface area contributed by atoms with Crippen molar-refractivity contribution in [3.8, 4) is 0 Å². The van der Waals surface area contributed by atoms with Crippen LogP contribution in [0.5, 0.6) is 0 Å². The second-order valence-electron chi connectivity index (χ2n) is 4.79. The predicted molar refractivity (Wildman–Crippen MR) is 77.3 cm³/mol. The molecular formula is C14H9NO3S2. The summed E-state index contributed by atoms with van der Waals surface area (Å²) in [5.74, 6) is 0.0167. The molecule has 0 saturated carbocycles. The van der Waals surface area contributed by atoms with Crippen molar-refractivity contribution in [2.45, 2.75) is 20.8 Å². The molecule has 0 saturated heterocycles. The van der Waals surface area contributed by atoms with Gasteiger partial charge in [0, 0.05) is 26.8 Å². The molecule has 1 aliphatic carbocycles. The van der Waals surface area contributed by atoms with Crippen molar-refractivity contribution in [1.82, 2.24) is 4.98 Å². The lowest BCUT2D eigenvalue weighted by Gasteiger charge is -2.07. The van der Waals surface area contributed by atoms with Crippen LogP contribution in [0.15, 0.2) is 4.42 Å².